The van der Waals surface area contributed by atoms with Gasteiger partial charge < -0.3 is 5.11 Å². The average Bonchev–Trinajstić information content (AvgIpc) is 2.48. The molecule has 0 spiro atoms. The summed E-state index contributed by atoms with van der Waals surface area (Å²) in [7, 11) is 0. The van der Waals surface area contributed by atoms with E-state index < -0.39 is 0 Å². The molecule has 1 saturated carbocycles. The molecule has 3 nitrogen and oxygen atoms in total. The van der Waals surface area contributed by atoms with Crippen molar-refractivity contribution in [3.8, 4) is 6.07 Å². The summed E-state index contributed by atoms with van der Waals surface area (Å²) in [6.07, 6.45) is 5.93. The van der Waals surface area contributed by atoms with Crippen molar-refractivity contribution < 1.29 is 9.50 Å². The Morgan fingerprint density at radius 1 is 1.30 bits per heavy atom. The van der Waals surface area contributed by atoms with E-state index in [-0.39, 0.29) is 12.4 Å². The molecule has 0 amide bonds. The minimum absolute atomic E-state index is 0.0910. The fraction of sp³-hybridized carbons (Fsp3) is 0.562. The molecule has 0 bridgehead atoms. The van der Waals surface area contributed by atoms with Gasteiger partial charge in [-0.2, -0.15) is 5.26 Å². The van der Waals surface area contributed by atoms with Crippen LogP contribution in [0.2, 0.25) is 0 Å². The molecule has 0 heterocycles. The fourth-order valence-corrected chi connectivity index (χ4v) is 2.99. The largest absolute Gasteiger partial charge is 0.395 e. The van der Waals surface area contributed by atoms with Crippen LogP contribution in [0.1, 0.15) is 43.2 Å². The molecule has 0 aromatic heterocycles. The highest BCUT2D eigenvalue weighted by Gasteiger charge is 2.21. The monoisotopic (exact) mass is 276 g/mol. The van der Waals surface area contributed by atoms with Crippen molar-refractivity contribution in [3.05, 3.63) is 35.1 Å². The lowest BCUT2D eigenvalue weighted by Gasteiger charge is -2.34. The topological polar surface area (TPSA) is 47.3 Å². The van der Waals surface area contributed by atoms with E-state index in [4.69, 9.17) is 5.26 Å². The zero-order valence-corrected chi connectivity index (χ0v) is 11.7. The van der Waals surface area contributed by atoms with Crippen LogP contribution in [-0.4, -0.2) is 29.2 Å². The molecule has 1 aromatic rings. The van der Waals surface area contributed by atoms with E-state index >= 15 is 0 Å². The highest BCUT2D eigenvalue weighted by molar-refractivity contribution is 5.37. The van der Waals surface area contributed by atoms with Crippen LogP contribution in [0.15, 0.2) is 18.2 Å². The Hall–Kier alpha value is -1.44. The van der Waals surface area contributed by atoms with Crippen molar-refractivity contribution in [2.75, 3.05) is 13.2 Å². The lowest BCUT2D eigenvalue weighted by molar-refractivity contribution is 0.117. The van der Waals surface area contributed by atoms with Gasteiger partial charge in [0.05, 0.1) is 18.2 Å². The molecule has 20 heavy (non-hydrogen) atoms. The summed E-state index contributed by atoms with van der Waals surface area (Å²) in [5, 5.41) is 18.4. The van der Waals surface area contributed by atoms with Gasteiger partial charge in [-0.05, 0) is 36.6 Å². The molecule has 0 atom stereocenters. The van der Waals surface area contributed by atoms with E-state index in [1.54, 1.807) is 0 Å². The summed E-state index contributed by atoms with van der Waals surface area (Å²) < 4.78 is 13.4. The molecule has 2 rings (SSSR count). The maximum atomic E-state index is 13.4. The molecule has 1 aliphatic rings. The third-order valence-electron chi connectivity index (χ3n) is 4.04. The zero-order chi connectivity index (χ0) is 14.4. The third kappa shape index (κ3) is 3.78. The molecule has 1 aromatic carbocycles. The number of aliphatic hydroxyl groups is 1. The smallest absolute Gasteiger partial charge is 0.123 e. The van der Waals surface area contributed by atoms with Crippen molar-refractivity contribution in [1.82, 2.24) is 4.90 Å². The van der Waals surface area contributed by atoms with E-state index in [1.807, 2.05) is 0 Å². The Kier molecular flexibility index (Phi) is 5.51. The summed E-state index contributed by atoms with van der Waals surface area (Å²) in [4.78, 5) is 2.19. The predicted octanol–water partition coefficient (Wildman–Crippen LogP) is 2.82. The number of halogens is 1. The normalized spacial score (nSPS) is 16.3. The van der Waals surface area contributed by atoms with E-state index in [0.717, 1.165) is 12.8 Å². The number of nitriles is 1. The van der Waals surface area contributed by atoms with Crippen LogP contribution in [0.25, 0.3) is 0 Å². The second-order valence-electron chi connectivity index (χ2n) is 5.40. The molecule has 0 radical (unpaired) electrons. The van der Waals surface area contributed by atoms with E-state index in [0.29, 0.717) is 30.3 Å². The van der Waals surface area contributed by atoms with Crippen LogP contribution in [0, 0.1) is 17.1 Å². The van der Waals surface area contributed by atoms with Gasteiger partial charge in [0.1, 0.15) is 5.82 Å². The van der Waals surface area contributed by atoms with Crippen LogP contribution in [-0.2, 0) is 6.54 Å². The zero-order valence-electron chi connectivity index (χ0n) is 11.7. The van der Waals surface area contributed by atoms with Gasteiger partial charge in [0.25, 0.3) is 0 Å². The first-order chi connectivity index (χ1) is 9.74. The molecule has 0 aliphatic heterocycles. The first-order valence-electron chi connectivity index (χ1n) is 7.28. The van der Waals surface area contributed by atoms with Gasteiger partial charge >= 0.3 is 0 Å². The summed E-state index contributed by atoms with van der Waals surface area (Å²) in [5.41, 5.74) is 1.23. The number of hydrogen-bond donors (Lipinski definition) is 1. The average molecular weight is 276 g/mol. The van der Waals surface area contributed by atoms with E-state index in [2.05, 4.69) is 11.0 Å². The van der Waals surface area contributed by atoms with Gasteiger partial charge in [-0.15, -0.1) is 0 Å². The molecule has 108 valence electrons. The summed E-state index contributed by atoms with van der Waals surface area (Å²) in [6, 6.07) is 6.84. The predicted molar refractivity (Wildman–Crippen MR) is 75.5 cm³/mol. The maximum Gasteiger partial charge on any atom is 0.123 e. The van der Waals surface area contributed by atoms with Gasteiger partial charge in [0.2, 0.25) is 0 Å². The van der Waals surface area contributed by atoms with Crippen molar-refractivity contribution in [3.63, 3.8) is 0 Å². The lowest BCUT2D eigenvalue weighted by atomic mass is 9.93. The van der Waals surface area contributed by atoms with Crippen LogP contribution in [0.4, 0.5) is 4.39 Å². The maximum absolute atomic E-state index is 13.4. The molecule has 1 N–H and O–H groups in total. The molecule has 1 aliphatic carbocycles. The SMILES string of the molecule is N#Cc1ccc(F)cc1CN(CCO)C1CCCCC1. The number of nitrogens with zero attached hydrogens (tertiary/aromatic N) is 2. The third-order valence-corrected chi connectivity index (χ3v) is 4.04. The second-order valence-corrected chi connectivity index (χ2v) is 5.40. The number of hydrogen-bond acceptors (Lipinski definition) is 3. The van der Waals surface area contributed by atoms with E-state index in [1.165, 1.54) is 37.5 Å². The highest BCUT2D eigenvalue weighted by Crippen LogP contribution is 2.24. The van der Waals surface area contributed by atoms with Gasteiger partial charge in [0.15, 0.2) is 0 Å². The van der Waals surface area contributed by atoms with Crippen molar-refractivity contribution in [2.24, 2.45) is 0 Å². The Balaban J connectivity index is 2.15. The minimum atomic E-state index is -0.313. The first kappa shape index (κ1) is 15.0. The summed E-state index contributed by atoms with van der Waals surface area (Å²) >= 11 is 0. The van der Waals surface area contributed by atoms with Gasteiger partial charge in [0, 0.05) is 19.1 Å². The summed E-state index contributed by atoms with van der Waals surface area (Å²) in [6.45, 7) is 1.20. The first-order valence-corrected chi connectivity index (χ1v) is 7.28. The Morgan fingerprint density at radius 2 is 2.05 bits per heavy atom. The van der Waals surface area contributed by atoms with Gasteiger partial charge in [-0.1, -0.05) is 19.3 Å². The van der Waals surface area contributed by atoms with Crippen LogP contribution in [0.5, 0.6) is 0 Å². The van der Waals surface area contributed by atoms with Crippen molar-refractivity contribution >= 4 is 0 Å². The Bertz CT molecular complexity index is 478. The molecular formula is C16H21FN2O. The number of benzene rings is 1. The number of rotatable bonds is 5. The lowest BCUT2D eigenvalue weighted by Crippen LogP contribution is -2.38. The highest BCUT2D eigenvalue weighted by atomic mass is 19.1. The quantitative estimate of drug-likeness (QED) is 0.899. The van der Waals surface area contributed by atoms with Crippen LogP contribution >= 0.6 is 0 Å². The van der Waals surface area contributed by atoms with Gasteiger partial charge in [-0.25, -0.2) is 4.39 Å². The minimum Gasteiger partial charge on any atom is -0.395 e. The molecule has 4 heteroatoms. The summed E-state index contributed by atoms with van der Waals surface area (Å²) in [5.74, 6) is -0.313. The fourth-order valence-electron chi connectivity index (χ4n) is 2.99. The number of aliphatic hydroxyl groups excluding tert-OH is 1. The molecule has 0 saturated heterocycles. The molecular weight excluding hydrogens is 255 g/mol. The molecule has 0 unspecified atom stereocenters. The van der Waals surface area contributed by atoms with Gasteiger partial charge in [-0.3, -0.25) is 4.90 Å². The van der Waals surface area contributed by atoms with E-state index in [9.17, 15) is 9.50 Å². The molecule has 1 fully saturated rings. The van der Waals surface area contributed by atoms with Crippen LogP contribution in [0.3, 0.4) is 0 Å². The standard InChI is InChI=1S/C16H21FN2O/c17-15-7-6-13(11-18)14(10-15)12-19(8-9-20)16-4-2-1-3-5-16/h6-7,10,16,20H,1-5,8-9,12H2. The van der Waals surface area contributed by atoms with Crippen molar-refractivity contribution in [2.45, 2.75) is 44.7 Å². The Labute approximate surface area is 119 Å². The second kappa shape index (κ2) is 7.37. The van der Waals surface area contributed by atoms with Crippen molar-refractivity contribution in [1.29, 1.82) is 5.26 Å². The van der Waals surface area contributed by atoms with Crippen LogP contribution < -0.4 is 0 Å². The Morgan fingerprint density at radius 3 is 2.70 bits per heavy atom.